The molecule has 9 nitrogen and oxygen atoms in total. The van der Waals surface area contributed by atoms with E-state index in [4.69, 9.17) is 23.7 Å². The molecule has 4 atom stereocenters. The topological polar surface area (TPSA) is 101 Å². The highest BCUT2D eigenvalue weighted by atomic mass is 16.6. The lowest BCUT2D eigenvalue weighted by Gasteiger charge is -2.47. The molecule has 3 aromatic carbocycles. The molecule has 1 aliphatic heterocycles. The van der Waals surface area contributed by atoms with Crippen molar-refractivity contribution in [1.29, 1.82) is 0 Å². The van der Waals surface area contributed by atoms with E-state index >= 15 is 0 Å². The highest BCUT2D eigenvalue weighted by Crippen LogP contribution is 2.38. The molecule has 0 unspecified atom stereocenters. The van der Waals surface area contributed by atoms with Gasteiger partial charge in [0.15, 0.2) is 12.2 Å². The smallest absolute Gasteiger partial charge is 0.410 e. The predicted octanol–water partition coefficient (Wildman–Crippen LogP) is 4.84. The SMILES string of the molecule is COc1ccc([C@@H]2[C@@H](OCc3ccccc3)[C@H](OC(C)=O)[C@@H](OC(C)=O)CN2C(=O)OCc2ccccc2)cc1. The van der Waals surface area contributed by atoms with Crippen LogP contribution in [0.5, 0.6) is 5.75 Å². The fourth-order valence-corrected chi connectivity index (χ4v) is 4.75. The van der Waals surface area contributed by atoms with E-state index in [9.17, 15) is 14.4 Å². The van der Waals surface area contributed by atoms with Crippen molar-refractivity contribution in [3.05, 3.63) is 102 Å². The molecule has 1 aliphatic rings. The number of hydrogen-bond donors (Lipinski definition) is 0. The summed E-state index contributed by atoms with van der Waals surface area (Å²) in [4.78, 5) is 39.4. The number of esters is 2. The van der Waals surface area contributed by atoms with Gasteiger partial charge < -0.3 is 23.7 Å². The number of amides is 1. The molecule has 9 heteroatoms. The average Bonchev–Trinajstić information content (AvgIpc) is 2.96. The zero-order valence-electron chi connectivity index (χ0n) is 22.7. The number of piperidine rings is 1. The van der Waals surface area contributed by atoms with Gasteiger partial charge in [-0.1, -0.05) is 72.8 Å². The maximum Gasteiger partial charge on any atom is 0.410 e. The van der Waals surface area contributed by atoms with Gasteiger partial charge in [0.1, 0.15) is 18.5 Å². The van der Waals surface area contributed by atoms with E-state index in [-0.39, 0.29) is 19.8 Å². The lowest BCUT2D eigenvalue weighted by atomic mass is 9.88. The number of rotatable bonds is 9. The quantitative estimate of drug-likeness (QED) is 0.277. The first-order valence-electron chi connectivity index (χ1n) is 13.0. The molecule has 4 rings (SSSR count). The van der Waals surface area contributed by atoms with Crippen LogP contribution in [0.1, 0.15) is 36.6 Å². The van der Waals surface area contributed by atoms with E-state index in [1.165, 1.54) is 18.7 Å². The van der Waals surface area contributed by atoms with Gasteiger partial charge in [0, 0.05) is 13.8 Å². The molecule has 0 N–H and O–H groups in total. The van der Waals surface area contributed by atoms with Crippen LogP contribution >= 0.6 is 0 Å². The summed E-state index contributed by atoms with van der Waals surface area (Å²) in [5.74, 6) is -0.512. The van der Waals surface area contributed by atoms with Gasteiger partial charge in [-0.15, -0.1) is 0 Å². The van der Waals surface area contributed by atoms with Gasteiger partial charge in [-0.3, -0.25) is 14.5 Å². The number of likely N-dealkylation sites (tertiary alicyclic amines) is 1. The van der Waals surface area contributed by atoms with E-state index < -0.39 is 42.4 Å². The highest BCUT2D eigenvalue weighted by molar-refractivity contribution is 5.70. The third-order valence-corrected chi connectivity index (χ3v) is 6.52. The van der Waals surface area contributed by atoms with Crippen molar-refractivity contribution in [3.63, 3.8) is 0 Å². The number of carbonyl (C=O) groups is 3. The van der Waals surface area contributed by atoms with Gasteiger partial charge in [-0.05, 0) is 28.8 Å². The van der Waals surface area contributed by atoms with Crippen LogP contribution in [-0.2, 0) is 41.8 Å². The Bertz CT molecular complexity index is 1270. The summed E-state index contributed by atoms with van der Waals surface area (Å²) in [7, 11) is 1.56. The van der Waals surface area contributed by atoms with E-state index in [0.717, 1.165) is 11.1 Å². The molecule has 1 fully saturated rings. The Morgan fingerprint density at radius 1 is 0.750 bits per heavy atom. The monoisotopic (exact) mass is 547 g/mol. The third kappa shape index (κ3) is 7.39. The number of carbonyl (C=O) groups excluding carboxylic acids is 3. The Hall–Kier alpha value is -4.37. The Morgan fingerprint density at radius 2 is 1.32 bits per heavy atom. The molecule has 1 saturated heterocycles. The molecular formula is C31H33NO8. The molecule has 40 heavy (non-hydrogen) atoms. The van der Waals surface area contributed by atoms with Crippen molar-refractivity contribution in [2.45, 2.75) is 51.4 Å². The maximum absolute atomic E-state index is 13.6. The standard InChI is InChI=1S/C31H33NO8/c1-21(33)39-27-18-32(31(35)38-20-24-12-8-5-9-13-24)28(25-14-16-26(36-3)17-15-25)30(29(27)40-22(2)34)37-19-23-10-6-4-7-11-23/h4-17,27-30H,18-20H2,1-3H3/t27-,28+,29+,30+/m0/s1. The molecule has 0 spiro atoms. The Kier molecular flexibility index (Phi) is 9.75. The molecule has 3 aromatic rings. The molecule has 1 amide bonds. The number of methoxy groups -OCH3 is 1. The van der Waals surface area contributed by atoms with E-state index in [0.29, 0.717) is 11.3 Å². The molecule has 0 radical (unpaired) electrons. The Morgan fingerprint density at radius 3 is 1.88 bits per heavy atom. The predicted molar refractivity (Wildman–Crippen MR) is 145 cm³/mol. The van der Waals surface area contributed by atoms with Crippen LogP contribution in [0.15, 0.2) is 84.9 Å². The van der Waals surface area contributed by atoms with Gasteiger partial charge in [0.2, 0.25) is 0 Å². The Labute approximate surface area is 233 Å². The highest BCUT2D eigenvalue weighted by Gasteiger charge is 2.50. The minimum absolute atomic E-state index is 0.0483. The first-order valence-corrected chi connectivity index (χ1v) is 13.0. The number of benzene rings is 3. The number of hydrogen-bond acceptors (Lipinski definition) is 8. The first kappa shape index (κ1) is 28.6. The second kappa shape index (κ2) is 13.6. The second-order valence-electron chi connectivity index (χ2n) is 9.39. The van der Waals surface area contributed by atoms with Gasteiger partial charge in [0.25, 0.3) is 0 Å². The van der Waals surface area contributed by atoms with Crippen molar-refractivity contribution in [2.75, 3.05) is 13.7 Å². The molecule has 1 heterocycles. The zero-order valence-corrected chi connectivity index (χ0v) is 22.7. The van der Waals surface area contributed by atoms with Gasteiger partial charge in [-0.2, -0.15) is 0 Å². The van der Waals surface area contributed by atoms with Crippen LogP contribution in [0.4, 0.5) is 4.79 Å². The van der Waals surface area contributed by atoms with Crippen molar-refractivity contribution in [1.82, 2.24) is 4.90 Å². The molecule has 210 valence electrons. The molecule has 0 bridgehead atoms. The molecule has 0 aromatic heterocycles. The van der Waals surface area contributed by atoms with Crippen LogP contribution < -0.4 is 4.74 Å². The minimum atomic E-state index is -0.990. The number of ether oxygens (including phenoxy) is 5. The van der Waals surface area contributed by atoms with Crippen molar-refractivity contribution in [3.8, 4) is 5.75 Å². The minimum Gasteiger partial charge on any atom is -0.497 e. The van der Waals surface area contributed by atoms with Crippen molar-refractivity contribution in [2.24, 2.45) is 0 Å². The van der Waals surface area contributed by atoms with Crippen LogP contribution in [0.2, 0.25) is 0 Å². The number of nitrogens with zero attached hydrogens (tertiary/aromatic N) is 1. The van der Waals surface area contributed by atoms with Gasteiger partial charge >= 0.3 is 18.0 Å². The first-order chi connectivity index (χ1) is 19.4. The van der Waals surface area contributed by atoms with Gasteiger partial charge in [0.05, 0.1) is 26.3 Å². The maximum atomic E-state index is 13.6. The van der Waals surface area contributed by atoms with Crippen LogP contribution in [-0.4, -0.2) is 54.9 Å². The normalized spacial score (nSPS) is 20.3. The van der Waals surface area contributed by atoms with E-state index in [1.807, 2.05) is 72.8 Å². The van der Waals surface area contributed by atoms with Crippen LogP contribution in [0.25, 0.3) is 0 Å². The lowest BCUT2D eigenvalue weighted by Crippen LogP contribution is -2.61. The van der Waals surface area contributed by atoms with Crippen LogP contribution in [0.3, 0.4) is 0 Å². The summed E-state index contributed by atoms with van der Waals surface area (Å²) < 4.78 is 28.7. The van der Waals surface area contributed by atoms with Crippen LogP contribution in [0, 0.1) is 0 Å². The average molecular weight is 548 g/mol. The van der Waals surface area contributed by atoms with E-state index in [2.05, 4.69) is 0 Å². The van der Waals surface area contributed by atoms with E-state index in [1.54, 1.807) is 19.2 Å². The lowest BCUT2D eigenvalue weighted by molar-refractivity contribution is -0.201. The van der Waals surface area contributed by atoms with Crippen molar-refractivity contribution >= 4 is 18.0 Å². The summed E-state index contributed by atoms with van der Waals surface area (Å²) in [5.41, 5.74) is 2.40. The summed E-state index contributed by atoms with van der Waals surface area (Å²) in [6.07, 6.45) is -3.51. The largest absolute Gasteiger partial charge is 0.497 e. The molecular weight excluding hydrogens is 514 g/mol. The fraction of sp³-hybridized carbons (Fsp3) is 0.323. The summed E-state index contributed by atoms with van der Waals surface area (Å²) in [6, 6.07) is 25.2. The molecule has 0 aliphatic carbocycles. The summed E-state index contributed by atoms with van der Waals surface area (Å²) >= 11 is 0. The summed E-state index contributed by atoms with van der Waals surface area (Å²) in [5, 5.41) is 0. The fourth-order valence-electron chi connectivity index (χ4n) is 4.75. The second-order valence-corrected chi connectivity index (χ2v) is 9.39. The Balaban J connectivity index is 1.73. The summed E-state index contributed by atoms with van der Waals surface area (Å²) in [6.45, 7) is 2.68. The molecule has 0 saturated carbocycles. The van der Waals surface area contributed by atoms with Gasteiger partial charge in [-0.25, -0.2) is 4.79 Å². The van der Waals surface area contributed by atoms with Crippen molar-refractivity contribution < 1.29 is 38.1 Å². The zero-order chi connectivity index (χ0) is 28.5. The third-order valence-electron chi connectivity index (χ3n) is 6.52.